The lowest BCUT2D eigenvalue weighted by atomic mass is 9.97. The SMILES string of the molecule is C=CCC[C@H](NO)C(=O)N[C@H](/C=C/C)C[C@@H]1CCNC1=O.CC.CCC.[HH].[HH].[HH]. The number of hydroxylamine groups is 1. The van der Waals surface area contributed by atoms with Gasteiger partial charge in [0.05, 0.1) is 0 Å². The summed E-state index contributed by atoms with van der Waals surface area (Å²) in [6, 6.07) is -0.885. The van der Waals surface area contributed by atoms with E-state index >= 15 is 0 Å². The molecule has 0 aromatic heterocycles. The molecule has 158 valence electrons. The molecule has 1 saturated heterocycles. The fraction of sp³-hybridized carbons (Fsp3) is 0.700. The molecule has 0 aromatic rings. The molecule has 2 amide bonds. The molecule has 1 fully saturated rings. The number of hydrogen-bond donors (Lipinski definition) is 4. The summed E-state index contributed by atoms with van der Waals surface area (Å²) in [6.45, 7) is 14.4. The van der Waals surface area contributed by atoms with Crippen molar-refractivity contribution in [1.29, 1.82) is 0 Å². The zero-order chi connectivity index (χ0) is 20.4. The van der Waals surface area contributed by atoms with E-state index in [9.17, 15) is 9.59 Å². The fourth-order valence-corrected chi connectivity index (χ4v) is 2.42. The number of carbonyl (C=O) groups is 2. The molecule has 1 rings (SSSR count). The van der Waals surface area contributed by atoms with Gasteiger partial charge in [-0.3, -0.25) is 9.59 Å². The molecule has 0 radical (unpaired) electrons. The van der Waals surface area contributed by atoms with E-state index in [-0.39, 0.29) is 28.1 Å². The standard InChI is InChI=1S/C15H25N3O3.C3H8.C2H6.3H2/c1-3-5-7-13(18-21)15(20)17-12(6-4-2)10-11-8-9-16-14(11)19;1-3-2;1-2;;;/h3-4,6,11-13,18,21H,1,5,7-10H2,2H3,(H,16,19)(H,17,20);3H2,1-2H3;1-2H3;3*1H/b6-4+;;;;;/t11-,12+,13-;;;;;/m0...../s1. The van der Waals surface area contributed by atoms with Crippen LogP contribution in [0, 0.1) is 5.92 Å². The molecule has 6 nitrogen and oxygen atoms in total. The Morgan fingerprint density at radius 3 is 2.50 bits per heavy atom. The number of amides is 2. The van der Waals surface area contributed by atoms with Crippen molar-refractivity contribution in [1.82, 2.24) is 16.1 Å². The number of rotatable bonds is 9. The molecule has 26 heavy (non-hydrogen) atoms. The summed E-state index contributed by atoms with van der Waals surface area (Å²) < 4.78 is 0. The highest BCUT2D eigenvalue weighted by Crippen LogP contribution is 2.17. The van der Waals surface area contributed by atoms with Crippen molar-refractivity contribution in [2.75, 3.05) is 6.54 Å². The van der Waals surface area contributed by atoms with E-state index in [0.29, 0.717) is 25.8 Å². The minimum atomic E-state index is -0.673. The largest absolute Gasteiger partial charge is 0.356 e. The molecule has 0 bridgehead atoms. The van der Waals surface area contributed by atoms with Gasteiger partial charge in [0.25, 0.3) is 0 Å². The van der Waals surface area contributed by atoms with Crippen LogP contribution >= 0.6 is 0 Å². The lowest BCUT2D eigenvalue weighted by Gasteiger charge is -2.21. The normalized spacial score (nSPS) is 17.9. The molecule has 0 spiro atoms. The number of nitrogens with one attached hydrogen (secondary N) is 3. The molecule has 1 aliphatic heterocycles. The summed E-state index contributed by atoms with van der Waals surface area (Å²) in [7, 11) is 0. The second kappa shape index (κ2) is 18.1. The molecular formula is C20H45N3O3. The lowest BCUT2D eigenvalue weighted by molar-refractivity contribution is -0.127. The zero-order valence-corrected chi connectivity index (χ0v) is 17.2. The average molecular weight is 376 g/mol. The summed E-state index contributed by atoms with van der Waals surface area (Å²) in [6.07, 6.45) is 9.13. The first-order valence-electron chi connectivity index (χ1n) is 9.75. The quantitative estimate of drug-likeness (QED) is 0.361. The summed E-state index contributed by atoms with van der Waals surface area (Å²) in [5, 5.41) is 14.7. The molecule has 0 unspecified atom stereocenters. The highest BCUT2D eigenvalue weighted by atomic mass is 16.5. The van der Waals surface area contributed by atoms with E-state index < -0.39 is 6.04 Å². The van der Waals surface area contributed by atoms with Crippen LogP contribution in [0.15, 0.2) is 24.8 Å². The molecule has 4 N–H and O–H groups in total. The second-order valence-corrected chi connectivity index (χ2v) is 5.91. The highest BCUT2D eigenvalue weighted by Gasteiger charge is 2.28. The molecular weight excluding hydrogens is 330 g/mol. The van der Waals surface area contributed by atoms with Crippen LogP contribution in [0.1, 0.15) is 71.0 Å². The minimum absolute atomic E-state index is 0. The van der Waals surface area contributed by atoms with Crippen LogP contribution in [0.4, 0.5) is 0 Å². The van der Waals surface area contributed by atoms with E-state index in [4.69, 9.17) is 5.21 Å². The van der Waals surface area contributed by atoms with E-state index in [1.54, 1.807) is 6.08 Å². The van der Waals surface area contributed by atoms with Crippen LogP contribution in [-0.2, 0) is 9.59 Å². The molecule has 3 atom stereocenters. The zero-order valence-electron chi connectivity index (χ0n) is 17.2. The van der Waals surface area contributed by atoms with Gasteiger partial charge in [0.2, 0.25) is 11.8 Å². The lowest BCUT2D eigenvalue weighted by Crippen LogP contribution is -2.47. The third-order valence-electron chi connectivity index (χ3n) is 3.59. The fourth-order valence-electron chi connectivity index (χ4n) is 2.42. The first-order chi connectivity index (χ1) is 12.5. The van der Waals surface area contributed by atoms with Gasteiger partial charge in [-0.2, -0.15) is 5.48 Å². The van der Waals surface area contributed by atoms with Crippen LogP contribution in [0.3, 0.4) is 0 Å². The van der Waals surface area contributed by atoms with Crippen molar-refractivity contribution in [3.05, 3.63) is 24.8 Å². The van der Waals surface area contributed by atoms with Crippen molar-refractivity contribution in [2.45, 2.75) is 78.8 Å². The number of hydrogen-bond acceptors (Lipinski definition) is 4. The minimum Gasteiger partial charge on any atom is -0.356 e. The Balaban J connectivity index is -0.000000219. The topological polar surface area (TPSA) is 90.5 Å². The Morgan fingerprint density at radius 2 is 2.08 bits per heavy atom. The van der Waals surface area contributed by atoms with E-state index in [0.717, 1.165) is 6.42 Å². The number of allylic oxidation sites excluding steroid dienone is 2. The van der Waals surface area contributed by atoms with Gasteiger partial charge in [0, 0.05) is 22.8 Å². The monoisotopic (exact) mass is 375 g/mol. The third-order valence-corrected chi connectivity index (χ3v) is 3.59. The Hall–Kier alpha value is -1.66. The maximum Gasteiger partial charge on any atom is 0.239 e. The van der Waals surface area contributed by atoms with Gasteiger partial charge in [0.1, 0.15) is 6.04 Å². The van der Waals surface area contributed by atoms with Crippen LogP contribution in [-0.4, -0.2) is 35.7 Å². The van der Waals surface area contributed by atoms with Crippen LogP contribution in [0.2, 0.25) is 0 Å². The molecule has 1 heterocycles. The Kier molecular flexibility index (Phi) is 18.5. The summed E-state index contributed by atoms with van der Waals surface area (Å²) in [5.74, 6) is -0.302. The van der Waals surface area contributed by atoms with Crippen LogP contribution in [0.25, 0.3) is 0 Å². The first-order valence-corrected chi connectivity index (χ1v) is 9.75. The Bertz CT molecular complexity index is 425. The van der Waals surface area contributed by atoms with Crippen molar-refractivity contribution < 1.29 is 19.1 Å². The molecule has 0 saturated carbocycles. The predicted molar refractivity (Wildman–Crippen MR) is 114 cm³/mol. The van der Waals surface area contributed by atoms with E-state index in [1.165, 1.54) is 6.42 Å². The second-order valence-electron chi connectivity index (χ2n) is 5.91. The average Bonchev–Trinajstić information content (AvgIpc) is 3.03. The molecule has 0 aliphatic carbocycles. The Morgan fingerprint density at radius 1 is 1.46 bits per heavy atom. The van der Waals surface area contributed by atoms with Gasteiger partial charge in [-0.1, -0.05) is 52.3 Å². The summed E-state index contributed by atoms with van der Waals surface area (Å²) in [5.41, 5.74) is 2.02. The van der Waals surface area contributed by atoms with E-state index in [1.807, 2.05) is 38.4 Å². The van der Waals surface area contributed by atoms with Gasteiger partial charge >= 0.3 is 0 Å². The van der Waals surface area contributed by atoms with Gasteiger partial charge in [-0.25, -0.2) is 0 Å². The van der Waals surface area contributed by atoms with Crippen molar-refractivity contribution in [3.63, 3.8) is 0 Å². The van der Waals surface area contributed by atoms with Gasteiger partial charge in [-0.05, 0) is 32.6 Å². The molecule has 0 aromatic carbocycles. The smallest absolute Gasteiger partial charge is 0.239 e. The number of carbonyl (C=O) groups excluding carboxylic acids is 2. The predicted octanol–water partition coefficient (Wildman–Crippen LogP) is 4.07. The summed E-state index contributed by atoms with van der Waals surface area (Å²) in [4.78, 5) is 23.7. The molecule has 6 heteroatoms. The van der Waals surface area contributed by atoms with Gasteiger partial charge in [0.15, 0.2) is 0 Å². The van der Waals surface area contributed by atoms with Crippen molar-refractivity contribution in [3.8, 4) is 0 Å². The third kappa shape index (κ3) is 11.8. The molecule has 1 aliphatic rings. The van der Waals surface area contributed by atoms with Crippen molar-refractivity contribution in [2.24, 2.45) is 5.92 Å². The maximum atomic E-state index is 12.1. The maximum absolute atomic E-state index is 12.1. The Labute approximate surface area is 163 Å². The van der Waals surface area contributed by atoms with Gasteiger partial charge in [-0.15, -0.1) is 6.58 Å². The highest BCUT2D eigenvalue weighted by molar-refractivity contribution is 5.83. The summed E-state index contributed by atoms with van der Waals surface area (Å²) >= 11 is 0. The van der Waals surface area contributed by atoms with E-state index in [2.05, 4.69) is 31.1 Å². The van der Waals surface area contributed by atoms with Crippen LogP contribution < -0.4 is 16.1 Å². The van der Waals surface area contributed by atoms with Gasteiger partial charge < -0.3 is 15.8 Å². The van der Waals surface area contributed by atoms with Crippen molar-refractivity contribution >= 4 is 11.8 Å². The first kappa shape index (κ1) is 26.6. The van der Waals surface area contributed by atoms with Crippen LogP contribution in [0.5, 0.6) is 0 Å².